The number of nitrogens with zero attached hydrogens (tertiary/aromatic N) is 1. The predicted octanol–water partition coefficient (Wildman–Crippen LogP) is 2.10. The summed E-state index contributed by atoms with van der Waals surface area (Å²) >= 11 is 0. The first kappa shape index (κ1) is 16.5. The molecule has 0 radical (unpaired) electrons. The van der Waals surface area contributed by atoms with Crippen LogP contribution in [0.1, 0.15) is 31.9 Å². The second-order valence-electron chi connectivity index (χ2n) is 6.17. The quantitative estimate of drug-likeness (QED) is 0.692. The van der Waals surface area contributed by atoms with E-state index in [4.69, 9.17) is 0 Å². The Balaban J connectivity index is 2.09. The first-order valence-corrected chi connectivity index (χ1v) is 8.45. The van der Waals surface area contributed by atoms with Gasteiger partial charge in [0.15, 0.2) is 12.4 Å². The predicted molar refractivity (Wildman–Crippen MR) is 84.6 cm³/mol. The van der Waals surface area contributed by atoms with E-state index in [1.165, 1.54) is 23.9 Å². The maximum absolute atomic E-state index is 12.1. The number of aromatic nitrogens is 1. The summed E-state index contributed by atoms with van der Waals surface area (Å²) in [5, 5.41) is 11.2. The van der Waals surface area contributed by atoms with Crippen LogP contribution in [0.25, 0.3) is 0 Å². The van der Waals surface area contributed by atoms with E-state index in [-0.39, 0.29) is 16.9 Å². The zero-order chi connectivity index (χ0) is 16.4. The molecule has 118 valence electrons. The molecule has 1 N–H and O–H groups in total. The van der Waals surface area contributed by atoms with Crippen molar-refractivity contribution in [2.45, 2.75) is 37.6 Å². The molecule has 22 heavy (non-hydrogen) atoms. The molecule has 6 heteroatoms. The number of sulfonamides is 1. The molecular formula is C16H20N2O3S. The minimum absolute atomic E-state index is 0.0451. The number of hydrogen-bond donors (Lipinski definition) is 1. The van der Waals surface area contributed by atoms with Crippen molar-refractivity contribution in [2.24, 2.45) is 0 Å². The van der Waals surface area contributed by atoms with Crippen molar-refractivity contribution in [3.05, 3.63) is 65.1 Å². The lowest BCUT2D eigenvalue weighted by Gasteiger charge is -2.19. The Hall–Kier alpha value is -1.92. The van der Waals surface area contributed by atoms with Gasteiger partial charge in [-0.1, -0.05) is 45.0 Å². The highest BCUT2D eigenvalue weighted by molar-refractivity contribution is 7.89. The summed E-state index contributed by atoms with van der Waals surface area (Å²) < 4.78 is 27.2. The fraction of sp³-hybridized carbons (Fsp3) is 0.312. The Kier molecular flexibility index (Phi) is 4.53. The third kappa shape index (κ3) is 4.05. The lowest BCUT2D eigenvalue weighted by atomic mass is 9.87. The van der Waals surface area contributed by atoms with Crippen molar-refractivity contribution in [3.8, 4) is 0 Å². The normalized spacial score (nSPS) is 12.3. The summed E-state index contributed by atoms with van der Waals surface area (Å²) in [6, 6.07) is 10.6. The van der Waals surface area contributed by atoms with Gasteiger partial charge in [0.25, 0.3) is 0 Å². The van der Waals surface area contributed by atoms with Crippen LogP contribution < -0.4 is 9.45 Å². The van der Waals surface area contributed by atoms with Gasteiger partial charge < -0.3 is 5.21 Å². The molecule has 5 nitrogen and oxygen atoms in total. The Morgan fingerprint density at radius 1 is 1.14 bits per heavy atom. The molecular weight excluding hydrogens is 300 g/mol. The van der Waals surface area contributed by atoms with Crippen molar-refractivity contribution in [2.75, 3.05) is 0 Å². The van der Waals surface area contributed by atoms with Gasteiger partial charge in [0.05, 0.1) is 0 Å². The number of rotatable bonds is 4. The van der Waals surface area contributed by atoms with E-state index in [2.05, 4.69) is 25.5 Å². The molecule has 0 saturated carbocycles. The molecule has 0 aliphatic carbocycles. The summed E-state index contributed by atoms with van der Waals surface area (Å²) in [5.41, 5.74) is 2.11. The summed E-state index contributed by atoms with van der Waals surface area (Å²) in [6.07, 6.45) is 2.27. The highest BCUT2D eigenvalue weighted by Crippen LogP contribution is 2.22. The van der Waals surface area contributed by atoms with Crippen molar-refractivity contribution < 1.29 is 13.1 Å². The van der Waals surface area contributed by atoms with Gasteiger partial charge in [0.2, 0.25) is 10.0 Å². The average molecular weight is 320 g/mol. The molecule has 1 heterocycles. The van der Waals surface area contributed by atoms with Crippen LogP contribution in [0.5, 0.6) is 0 Å². The van der Waals surface area contributed by atoms with Gasteiger partial charge >= 0.3 is 0 Å². The van der Waals surface area contributed by atoms with Gasteiger partial charge in [0.1, 0.15) is 4.90 Å². The van der Waals surface area contributed by atoms with Crippen LogP contribution in [0.2, 0.25) is 0 Å². The Labute approximate surface area is 131 Å². The molecule has 0 saturated heterocycles. The lowest BCUT2D eigenvalue weighted by Crippen LogP contribution is -2.29. The third-order valence-corrected chi connectivity index (χ3v) is 4.73. The van der Waals surface area contributed by atoms with Gasteiger partial charge in [-0.05, 0) is 22.6 Å². The van der Waals surface area contributed by atoms with Crippen LogP contribution in [0, 0.1) is 5.21 Å². The summed E-state index contributed by atoms with van der Waals surface area (Å²) in [5.74, 6) is 0. The summed E-state index contributed by atoms with van der Waals surface area (Å²) in [4.78, 5) is -0.0451. The Morgan fingerprint density at radius 3 is 2.32 bits per heavy atom. The second-order valence-corrected chi connectivity index (χ2v) is 7.94. The fourth-order valence-electron chi connectivity index (χ4n) is 1.98. The molecule has 2 aromatic rings. The maximum atomic E-state index is 12.1. The highest BCUT2D eigenvalue weighted by atomic mass is 32.2. The van der Waals surface area contributed by atoms with Crippen molar-refractivity contribution in [1.29, 1.82) is 0 Å². The summed E-state index contributed by atoms with van der Waals surface area (Å²) in [7, 11) is -3.69. The molecule has 1 aromatic carbocycles. The van der Waals surface area contributed by atoms with Gasteiger partial charge in [0, 0.05) is 12.6 Å². The number of hydrogen-bond acceptors (Lipinski definition) is 3. The van der Waals surface area contributed by atoms with E-state index in [9.17, 15) is 13.6 Å². The van der Waals surface area contributed by atoms with Crippen LogP contribution in [0.3, 0.4) is 0 Å². The van der Waals surface area contributed by atoms with Crippen LogP contribution >= 0.6 is 0 Å². The largest absolute Gasteiger partial charge is 0.619 e. The minimum atomic E-state index is -3.69. The van der Waals surface area contributed by atoms with Crippen molar-refractivity contribution in [1.82, 2.24) is 4.72 Å². The molecule has 1 aromatic heterocycles. The van der Waals surface area contributed by atoms with E-state index >= 15 is 0 Å². The minimum Gasteiger partial charge on any atom is -0.619 e. The standard InChI is InChI=1S/C16H20N2O3S/c1-16(2,3)14-8-6-13(7-9-14)11-17-22(20,21)15-5-4-10-18(19)12-15/h4-10,12,17H,11H2,1-3H3. The Bertz CT molecular complexity index is 748. The van der Waals surface area contributed by atoms with E-state index in [0.717, 1.165) is 11.8 Å². The Morgan fingerprint density at radius 2 is 1.77 bits per heavy atom. The third-order valence-electron chi connectivity index (χ3n) is 3.34. The van der Waals surface area contributed by atoms with Gasteiger partial charge in [-0.25, -0.2) is 13.1 Å². The first-order chi connectivity index (χ1) is 10.2. The molecule has 0 amide bonds. The molecule has 0 aliphatic heterocycles. The molecule has 0 aliphatic rings. The van der Waals surface area contributed by atoms with Crippen molar-refractivity contribution in [3.63, 3.8) is 0 Å². The first-order valence-electron chi connectivity index (χ1n) is 6.96. The lowest BCUT2D eigenvalue weighted by molar-refractivity contribution is -0.607. The molecule has 2 rings (SSSR count). The molecule has 0 atom stereocenters. The van der Waals surface area contributed by atoms with Gasteiger partial charge in [-0.15, -0.1) is 0 Å². The van der Waals surface area contributed by atoms with Crippen LogP contribution in [0.4, 0.5) is 0 Å². The van der Waals surface area contributed by atoms with Crippen LogP contribution in [-0.4, -0.2) is 8.42 Å². The maximum Gasteiger partial charge on any atom is 0.246 e. The topological polar surface area (TPSA) is 73.1 Å². The smallest absolute Gasteiger partial charge is 0.246 e. The number of benzene rings is 1. The number of nitrogens with one attached hydrogen (secondary N) is 1. The molecule has 0 fully saturated rings. The molecule has 0 bridgehead atoms. The molecule has 0 spiro atoms. The SMILES string of the molecule is CC(C)(C)c1ccc(CNS(=O)(=O)c2ccc[n+]([O-])c2)cc1. The van der Waals surface area contributed by atoms with Crippen molar-refractivity contribution >= 4 is 10.0 Å². The van der Waals surface area contributed by atoms with Gasteiger partial charge in [-0.3, -0.25) is 0 Å². The van der Waals surface area contributed by atoms with Crippen LogP contribution in [-0.2, 0) is 22.0 Å². The average Bonchev–Trinajstić information content (AvgIpc) is 2.45. The fourth-order valence-corrected chi connectivity index (χ4v) is 3.00. The highest BCUT2D eigenvalue weighted by Gasteiger charge is 2.17. The van der Waals surface area contributed by atoms with E-state index in [1.54, 1.807) is 0 Å². The van der Waals surface area contributed by atoms with Gasteiger partial charge in [-0.2, -0.15) is 4.73 Å². The molecule has 0 unspecified atom stereocenters. The monoisotopic (exact) mass is 320 g/mol. The van der Waals surface area contributed by atoms with E-state index in [1.807, 2.05) is 24.3 Å². The second kappa shape index (κ2) is 6.06. The number of pyridine rings is 1. The zero-order valence-electron chi connectivity index (χ0n) is 12.9. The van der Waals surface area contributed by atoms with E-state index in [0.29, 0.717) is 4.73 Å². The zero-order valence-corrected chi connectivity index (χ0v) is 13.7. The summed E-state index contributed by atoms with van der Waals surface area (Å²) in [6.45, 7) is 6.55. The van der Waals surface area contributed by atoms with Crippen LogP contribution in [0.15, 0.2) is 53.7 Å². The van der Waals surface area contributed by atoms with E-state index < -0.39 is 10.0 Å².